The van der Waals surface area contributed by atoms with Crippen molar-refractivity contribution in [2.24, 2.45) is 0 Å². The number of hydrogen-bond acceptors (Lipinski definition) is 4. The maximum absolute atomic E-state index is 11.1. The third kappa shape index (κ3) is 1.38. The van der Waals surface area contributed by atoms with E-state index in [4.69, 9.17) is 24.0 Å². The molecule has 1 heterocycles. The van der Waals surface area contributed by atoms with Crippen LogP contribution >= 0.6 is 11.6 Å². The summed E-state index contributed by atoms with van der Waals surface area (Å²) in [5.41, 5.74) is 5.06. The van der Waals surface area contributed by atoms with Crippen LogP contribution in [0.15, 0.2) is 6.17 Å². The summed E-state index contributed by atoms with van der Waals surface area (Å²) < 4.78 is 7.35. The first kappa shape index (κ1) is 7.13. The number of rotatable bonds is 1. The maximum atomic E-state index is 11.1. The van der Waals surface area contributed by atoms with Gasteiger partial charge in [0.15, 0.2) is 0 Å². The Bertz CT molecular complexity index is 389. The van der Waals surface area contributed by atoms with E-state index in [2.05, 4.69) is 4.98 Å². The van der Waals surface area contributed by atoms with Crippen LogP contribution in [0, 0.1) is 16.5 Å². The van der Waals surface area contributed by atoms with E-state index < -0.39 is 6.17 Å². The van der Waals surface area contributed by atoms with Gasteiger partial charge in [-0.3, -0.25) is 5.73 Å². The molecule has 62 valence electrons. The molecule has 0 spiro atoms. The SMILES string of the molecule is [2H]c1c(CCl)nc(C#N)c(N)[n+]1[O-]. The third-order valence-corrected chi connectivity index (χ3v) is 1.42. The number of nitrogen functional groups attached to an aromatic ring is 1. The fourth-order valence-electron chi connectivity index (χ4n) is 0.633. The van der Waals surface area contributed by atoms with Crippen molar-refractivity contribution in [1.29, 1.82) is 5.26 Å². The molecule has 0 saturated heterocycles. The number of halogens is 1. The Morgan fingerprint density at radius 2 is 2.67 bits per heavy atom. The molecule has 0 aliphatic heterocycles. The van der Waals surface area contributed by atoms with Gasteiger partial charge in [0.25, 0.3) is 0 Å². The second-order valence-corrected chi connectivity index (χ2v) is 2.21. The summed E-state index contributed by atoms with van der Waals surface area (Å²) in [5.74, 6) is -0.475. The van der Waals surface area contributed by atoms with E-state index in [9.17, 15) is 5.21 Å². The molecule has 12 heavy (non-hydrogen) atoms. The van der Waals surface area contributed by atoms with Crippen LogP contribution < -0.4 is 10.5 Å². The summed E-state index contributed by atoms with van der Waals surface area (Å²) in [6.45, 7) is 0. The van der Waals surface area contributed by atoms with Crippen LogP contribution in [0.25, 0.3) is 0 Å². The molecule has 1 aromatic rings. The monoisotopic (exact) mass is 185 g/mol. The molecule has 6 heteroatoms. The Kier molecular flexibility index (Phi) is 1.92. The number of nitrogens with two attached hydrogens (primary N) is 1. The zero-order chi connectivity index (χ0) is 10.0. The zero-order valence-corrected chi connectivity index (χ0v) is 6.67. The third-order valence-electron chi connectivity index (χ3n) is 1.17. The molecule has 0 unspecified atom stereocenters. The standard InChI is InChI=1S/C6H5ClN4O/c7-1-4-3-11(12)6(9)5(2-8)10-4/h3H,1,9H2/i3D. The average molecular weight is 186 g/mol. The first-order valence-electron chi connectivity index (χ1n) is 3.46. The van der Waals surface area contributed by atoms with Gasteiger partial charge in [0.05, 0.1) is 11.6 Å². The normalized spacial score (nSPS) is 10.5. The zero-order valence-electron chi connectivity index (χ0n) is 6.91. The largest absolute Gasteiger partial charge is 0.710 e. The van der Waals surface area contributed by atoms with E-state index in [1.807, 2.05) is 0 Å². The summed E-state index contributed by atoms with van der Waals surface area (Å²) >= 11 is 5.40. The van der Waals surface area contributed by atoms with E-state index in [-0.39, 0.29) is 27.8 Å². The number of nitriles is 1. The predicted octanol–water partition coefficient (Wildman–Crippen LogP) is -0.0923. The summed E-state index contributed by atoms with van der Waals surface area (Å²) in [6.07, 6.45) is -0.425. The van der Waals surface area contributed by atoms with Crippen molar-refractivity contribution in [3.8, 4) is 6.07 Å². The lowest BCUT2D eigenvalue weighted by molar-refractivity contribution is -0.591. The van der Waals surface area contributed by atoms with Crippen LogP contribution in [0.2, 0.25) is 0 Å². The molecule has 1 aromatic heterocycles. The van der Waals surface area contributed by atoms with Gasteiger partial charge in [0, 0.05) is 0 Å². The molecular weight excluding hydrogens is 180 g/mol. The number of hydrogen-bond donors (Lipinski definition) is 1. The summed E-state index contributed by atoms with van der Waals surface area (Å²) in [4.78, 5) is 3.64. The summed E-state index contributed by atoms with van der Waals surface area (Å²) in [6, 6.07) is 1.64. The Hall–Kier alpha value is -1.54. The van der Waals surface area contributed by atoms with Crippen molar-refractivity contribution in [3.05, 3.63) is 22.8 Å². The first-order chi connectivity index (χ1) is 6.11. The molecule has 0 bridgehead atoms. The van der Waals surface area contributed by atoms with E-state index in [1.54, 1.807) is 6.07 Å². The molecular formula is C6H5ClN4O. The highest BCUT2D eigenvalue weighted by molar-refractivity contribution is 6.16. The van der Waals surface area contributed by atoms with Crippen molar-refractivity contribution in [3.63, 3.8) is 0 Å². The van der Waals surface area contributed by atoms with Crippen LogP contribution in [0.3, 0.4) is 0 Å². The van der Waals surface area contributed by atoms with E-state index >= 15 is 0 Å². The number of anilines is 1. The van der Waals surface area contributed by atoms with E-state index in [0.717, 1.165) is 0 Å². The predicted molar refractivity (Wildman–Crippen MR) is 41.9 cm³/mol. The summed E-state index contributed by atoms with van der Waals surface area (Å²) in [7, 11) is 0. The van der Waals surface area contributed by atoms with Gasteiger partial charge in [-0.15, -0.1) is 11.6 Å². The Morgan fingerprint density at radius 1 is 2.00 bits per heavy atom. The van der Waals surface area contributed by atoms with Crippen LogP contribution in [-0.2, 0) is 5.88 Å². The van der Waals surface area contributed by atoms with Crippen LogP contribution in [-0.4, -0.2) is 4.98 Å². The molecule has 0 amide bonds. The second-order valence-electron chi connectivity index (χ2n) is 1.94. The average Bonchev–Trinajstić information content (AvgIpc) is 2.15. The van der Waals surface area contributed by atoms with Crippen molar-refractivity contribution >= 4 is 17.4 Å². The fourth-order valence-corrected chi connectivity index (χ4v) is 0.752. The molecule has 5 nitrogen and oxygen atoms in total. The lowest BCUT2D eigenvalue weighted by Crippen LogP contribution is -2.32. The molecule has 0 aliphatic carbocycles. The summed E-state index contributed by atoms with van der Waals surface area (Å²) in [5, 5.41) is 19.6. The Balaban J connectivity index is 3.48. The lowest BCUT2D eigenvalue weighted by atomic mass is 10.4. The van der Waals surface area contributed by atoms with Gasteiger partial charge in [0.1, 0.15) is 13.6 Å². The van der Waals surface area contributed by atoms with E-state index in [1.165, 1.54) is 0 Å². The van der Waals surface area contributed by atoms with Crippen LogP contribution in [0.5, 0.6) is 0 Å². The molecule has 0 aromatic carbocycles. The minimum atomic E-state index is -0.425. The Labute approximate surface area is 75.0 Å². The van der Waals surface area contributed by atoms with Gasteiger partial charge in [-0.2, -0.15) is 5.26 Å². The Morgan fingerprint density at radius 3 is 3.17 bits per heavy atom. The molecule has 0 radical (unpaired) electrons. The van der Waals surface area contributed by atoms with Crippen LogP contribution in [0.1, 0.15) is 12.8 Å². The lowest BCUT2D eigenvalue weighted by Gasteiger charge is -2.05. The molecule has 1 rings (SSSR count). The minimum absolute atomic E-state index is 0.0439. The van der Waals surface area contributed by atoms with E-state index in [0.29, 0.717) is 0 Å². The second kappa shape index (κ2) is 3.24. The number of alkyl halides is 1. The van der Waals surface area contributed by atoms with Gasteiger partial charge in [0.2, 0.25) is 5.69 Å². The van der Waals surface area contributed by atoms with Crippen LogP contribution in [0.4, 0.5) is 5.82 Å². The highest BCUT2D eigenvalue weighted by atomic mass is 35.5. The highest BCUT2D eigenvalue weighted by Crippen LogP contribution is 2.03. The van der Waals surface area contributed by atoms with Gasteiger partial charge < -0.3 is 5.21 Å². The van der Waals surface area contributed by atoms with Gasteiger partial charge >= 0.3 is 5.82 Å². The van der Waals surface area contributed by atoms with Crippen molar-refractivity contribution in [1.82, 2.24) is 4.98 Å². The highest BCUT2D eigenvalue weighted by Gasteiger charge is 2.09. The van der Waals surface area contributed by atoms with Gasteiger partial charge in [-0.05, 0) is 0 Å². The molecule has 0 fully saturated rings. The number of nitrogens with zero attached hydrogens (tertiary/aromatic N) is 3. The topological polar surface area (TPSA) is 89.6 Å². The van der Waals surface area contributed by atoms with Gasteiger partial charge in [-0.25, -0.2) is 9.71 Å². The van der Waals surface area contributed by atoms with Crippen molar-refractivity contribution in [2.75, 3.05) is 5.73 Å². The van der Waals surface area contributed by atoms with Gasteiger partial charge in [-0.1, -0.05) is 0 Å². The fraction of sp³-hybridized carbons (Fsp3) is 0.167. The smallest absolute Gasteiger partial charge is 0.312 e. The number of aromatic nitrogens is 2. The van der Waals surface area contributed by atoms with Crippen molar-refractivity contribution < 1.29 is 6.10 Å². The molecule has 0 atom stereocenters. The quantitative estimate of drug-likeness (QED) is 0.376. The molecule has 2 N–H and O–H groups in total. The van der Waals surface area contributed by atoms with Crippen molar-refractivity contribution in [2.45, 2.75) is 5.88 Å². The minimum Gasteiger partial charge on any atom is -0.710 e. The first-order valence-corrected chi connectivity index (χ1v) is 3.49. The maximum Gasteiger partial charge on any atom is 0.312 e. The molecule has 0 saturated carbocycles. The molecule has 0 aliphatic rings.